The molecule has 2 saturated carbocycles. The van der Waals surface area contributed by atoms with Crippen LogP contribution in [0.2, 0.25) is 0 Å². The minimum Gasteiger partial charge on any atom is -0.486 e. The predicted molar refractivity (Wildman–Crippen MR) is 147 cm³/mol. The standard InChI is InChI=1S/C29H31F2NO4.C3H6/c1-29(2)13-5-7-23(29)21-14-18(9-11-20(21)22-15-26(35-3)32-16-24(22)30)17-36-25-8-4-6-19(28(25)31)10-12-27(33)34;1-2-3-1/h4,6,8-9,11,14-16,23H,5,7,10,12-13,17H2,1-3H3,(H,33,34);1-3H2. The average Bonchev–Trinajstić information content (AvgIpc) is 3.76. The molecule has 1 N–H and O–H groups in total. The van der Waals surface area contributed by atoms with Gasteiger partial charge in [-0.05, 0) is 58.9 Å². The number of aromatic nitrogens is 1. The van der Waals surface area contributed by atoms with Gasteiger partial charge in [-0.3, -0.25) is 4.79 Å². The van der Waals surface area contributed by atoms with Crippen molar-refractivity contribution in [3.05, 3.63) is 77.0 Å². The number of hydrogen-bond acceptors (Lipinski definition) is 4. The lowest BCUT2D eigenvalue weighted by molar-refractivity contribution is -0.136. The topological polar surface area (TPSA) is 68.7 Å². The van der Waals surface area contributed by atoms with E-state index >= 15 is 0 Å². The molecule has 2 aliphatic rings. The molecule has 1 atom stereocenters. The lowest BCUT2D eigenvalue weighted by Gasteiger charge is -2.30. The molecule has 5 rings (SSSR count). The summed E-state index contributed by atoms with van der Waals surface area (Å²) in [5, 5.41) is 8.90. The van der Waals surface area contributed by atoms with Crippen LogP contribution >= 0.6 is 0 Å². The molecule has 208 valence electrons. The highest BCUT2D eigenvalue weighted by Crippen LogP contribution is 2.51. The number of carboxylic acid groups (broad SMARTS) is 1. The number of aliphatic carboxylic acids is 1. The third kappa shape index (κ3) is 7.34. The van der Waals surface area contributed by atoms with E-state index in [1.54, 1.807) is 18.2 Å². The number of methoxy groups -OCH3 is 1. The molecule has 2 fully saturated rings. The van der Waals surface area contributed by atoms with E-state index in [0.29, 0.717) is 17.0 Å². The van der Waals surface area contributed by atoms with Crippen molar-refractivity contribution in [3.8, 4) is 22.8 Å². The molecule has 0 radical (unpaired) electrons. The first kappa shape index (κ1) is 28.5. The highest BCUT2D eigenvalue weighted by Gasteiger charge is 2.37. The van der Waals surface area contributed by atoms with Crippen LogP contribution in [0.4, 0.5) is 8.78 Å². The van der Waals surface area contributed by atoms with Crippen molar-refractivity contribution < 1.29 is 28.2 Å². The number of hydrogen-bond donors (Lipinski definition) is 1. The maximum atomic E-state index is 14.9. The number of halogens is 2. The predicted octanol–water partition coefficient (Wildman–Crippen LogP) is 8.10. The van der Waals surface area contributed by atoms with E-state index in [2.05, 4.69) is 18.8 Å². The van der Waals surface area contributed by atoms with E-state index < -0.39 is 17.6 Å². The monoisotopic (exact) mass is 537 g/mol. The third-order valence-corrected chi connectivity index (χ3v) is 7.48. The number of carboxylic acids is 1. The number of benzene rings is 2. The molecule has 39 heavy (non-hydrogen) atoms. The fraction of sp³-hybridized carbons (Fsp3) is 0.438. The molecule has 7 heteroatoms. The second kappa shape index (κ2) is 12.6. The molecule has 0 amide bonds. The molecule has 0 spiro atoms. The second-order valence-corrected chi connectivity index (χ2v) is 11.0. The van der Waals surface area contributed by atoms with Gasteiger partial charge in [0.25, 0.3) is 0 Å². The van der Waals surface area contributed by atoms with Gasteiger partial charge in [-0.25, -0.2) is 13.8 Å². The molecule has 0 aliphatic heterocycles. The fourth-order valence-electron chi connectivity index (χ4n) is 5.14. The van der Waals surface area contributed by atoms with Crippen molar-refractivity contribution in [1.29, 1.82) is 0 Å². The van der Waals surface area contributed by atoms with Crippen molar-refractivity contribution in [1.82, 2.24) is 4.98 Å². The SMILES string of the molecule is C1CC1.COc1cc(-c2ccc(COc3cccc(CCC(=O)O)c3F)cc2C2CCCC2(C)C)c(F)cn1. The number of ether oxygens (including phenoxy) is 2. The quantitative estimate of drug-likeness (QED) is 0.299. The maximum absolute atomic E-state index is 14.9. The highest BCUT2D eigenvalue weighted by molar-refractivity contribution is 5.70. The van der Waals surface area contributed by atoms with E-state index in [4.69, 9.17) is 14.6 Å². The van der Waals surface area contributed by atoms with Gasteiger partial charge in [-0.1, -0.05) is 69.9 Å². The van der Waals surface area contributed by atoms with Gasteiger partial charge in [0.05, 0.1) is 13.3 Å². The zero-order valence-electron chi connectivity index (χ0n) is 22.9. The van der Waals surface area contributed by atoms with Gasteiger partial charge in [0.15, 0.2) is 11.6 Å². The van der Waals surface area contributed by atoms with E-state index in [1.807, 2.05) is 18.2 Å². The minimum atomic E-state index is -0.980. The Balaban J connectivity index is 0.00000110. The molecule has 1 unspecified atom stereocenters. The van der Waals surface area contributed by atoms with Gasteiger partial charge in [0, 0.05) is 18.1 Å². The first-order chi connectivity index (χ1) is 18.7. The molecular formula is C32H37F2NO4. The first-order valence-corrected chi connectivity index (χ1v) is 13.6. The molecule has 5 nitrogen and oxygen atoms in total. The van der Waals surface area contributed by atoms with E-state index in [1.165, 1.54) is 38.6 Å². The Bertz CT molecular complexity index is 1300. The summed E-state index contributed by atoms with van der Waals surface area (Å²) < 4.78 is 40.8. The summed E-state index contributed by atoms with van der Waals surface area (Å²) in [6.07, 6.45) is 8.78. The Morgan fingerprint density at radius 1 is 1.08 bits per heavy atom. The number of nitrogens with zero attached hydrogens (tertiary/aromatic N) is 1. The first-order valence-electron chi connectivity index (χ1n) is 13.6. The van der Waals surface area contributed by atoms with Crippen molar-refractivity contribution >= 4 is 5.97 Å². The highest BCUT2D eigenvalue weighted by atomic mass is 19.1. The van der Waals surface area contributed by atoms with Crippen molar-refractivity contribution in [2.24, 2.45) is 5.41 Å². The summed E-state index contributed by atoms with van der Waals surface area (Å²) in [4.78, 5) is 14.8. The Kier molecular flexibility index (Phi) is 9.20. The van der Waals surface area contributed by atoms with Crippen molar-refractivity contribution in [3.63, 3.8) is 0 Å². The zero-order chi connectivity index (χ0) is 28.0. The van der Waals surface area contributed by atoms with Gasteiger partial charge in [-0.2, -0.15) is 0 Å². The van der Waals surface area contributed by atoms with Crippen LogP contribution in [-0.2, 0) is 17.8 Å². The van der Waals surface area contributed by atoms with Crippen LogP contribution in [0.15, 0.2) is 48.7 Å². The molecule has 2 aromatic carbocycles. The van der Waals surface area contributed by atoms with Gasteiger partial charge in [0.1, 0.15) is 12.4 Å². The third-order valence-electron chi connectivity index (χ3n) is 7.48. The van der Waals surface area contributed by atoms with Crippen LogP contribution in [0, 0.1) is 17.0 Å². The van der Waals surface area contributed by atoms with Crippen LogP contribution in [-0.4, -0.2) is 23.2 Å². The summed E-state index contributed by atoms with van der Waals surface area (Å²) in [5.41, 5.74) is 3.45. The molecule has 1 heterocycles. The summed E-state index contributed by atoms with van der Waals surface area (Å²) in [6.45, 7) is 4.60. The number of aryl methyl sites for hydroxylation is 1. The van der Waals surface area contributed by atoms with Crippen LogP contribution in [0.1, 0.15) is 81.4 Å². The van der Waals surface area contributed by atoms with Crippen LogP contribution < -0.4 is 9.47 Å². The second-order valence-electron chi connectivity index (χ2n) is 11.0. The van der Waals surface area contributed by atoms with Gasteiger partial charge >= 0.3 is 5.97 Å². The smallest absolute Gasteiger partial charge is 0.303 e. The number of pyridine rings is 1. The number of carbonyl (C=O) groups is 1. The van der Waals surface area contributed by atoms with Crippen molar-refractivity contribution in [2.45, 2.75) is 77.7 Å². The Morgan fingerprint density at radius 2 is 1.85 bits per heavy atom. The van der Waals surface area contributed by atoms with E-state index in [-0.39, 0.29) is 36.5 Å². The largest absolute Gasteiger partial charge is 0.486 e. The van der Waals surface area contributed by atoms with Gasteiger partial charge < -0.3 is 14.6 Å². The van der Waals surface area contributed by atoms with Crippen LogP contribution in [0.3, 0.4) is 0 Å². The summed E-state index contributed by atoms with van der Waals surface area (Å²) in [5.74, 6) is -1.30. The van der Waals surface area contributed by atoms with Gasteiger partial charge in [-0.15, -0.1) is 0 Å². The molecule has 0 saturated heterocycles. The summed E-state index contributed by atoms with van der Waals surface area (Å²) in [7, 11) is 1.50. The Labute approximate surface area is 229 Å². The zero-order valence-corrected chi connectivity index (χ0v) is 22.9. The lowest BCUT2D eigenvalue weighted by atomic mass is 9.75. The molecule has 0 bridgehead atoms. The molecule has 3 aromatic rings. The van der Waals surface area contributed by atoms with E-state index in [9.17, 15) is 13.6 Å². The molecular weight excluding hydrogens is 500 g/mol. The van der Waals surface area contributed by atoms with Gasteiger partial charge in [0.2, 0.25) is 5.88 Å². The van der Waals surface area contributed by atoms with Crippen molar-refractivity contribution in [2.75, 3.05) is 7.11 Å². The Hall–Kier alpha value is -3.48. The van der Waals surface area contributed by atoms with Crippen LogP contribution in [0.25, 0.3) is 11.1 Å². The summed E-state index contributed by atoms with van der Waals surface area (Å²) in [6, 6.07) is 12.2. The average molecular weight is 538 g/mol. The molecule has 2 aliphatic carbocycles. The summed E-state index contributed by atoms with van der Waals surface area (Å²) >= 11 is 0. The lowest BCUT2D eigenvalue weighted by Crippen LogP contribution is -2.17. The fourth-order valence-corrected chi connectivity index (χ4v) is 5.14. The molecule has 1 aromatic heterocycles. The van der Waals surface area contributed by atoms with Crippen LogP contribution in [0.5, 0.6) is 11.6 Å². The number of rotatable bonds is 9. The maximum Gasteiger partial charge on any atom is 0.303 e. The van der Waals surface area contributed by atoms with E-state index in [0.717, 1.165) is 36.0 Å². The Morgan fingerprint density at radius 3 is 2.49 bits per heavy atom. The normalized spacial score (nSPS) is 17.2. The minimum absolute atomic E-state index is 0.0480.